The average molecular weight is 308 g/mol. The molecule has 0 bridgehead atoms. The smallest absolute Gasteiger partial charge is 0.304 e. The summed E-state index contributed by atoms with van der Waals surface area (Å²) in [5.74, 6) is -0.733. The number of hydrogen-bond donors (Lipinski definition) is 0. The molecule has 1 aromatic rings. The quantitative estimate of drug-likeness (QED) is 0.545. The average Bonchev–Trinajstić information content (AvgIpc) is 2.43. The Kier molecular flexibility index (Phi) is 7.05. The SMILES string of the molecule is CC(=O)OCC(C)(C)CC(OCc1ccccc1)OC(C)=O. The molecule has 0 heterocycles. The first kappa shape index (κ1) is 18.2. The van der Waals surface area contributed by atoms with E-state index in [0.717, 1.165) is 5.56 Å². The Morgan fingerprint density at radius 2 is 1.73 bits per heavy atom. The monoisotopic (exact) mass is 308 g/mol. The Hall–Kier alpha value is -1.88. The van der Waals surface area contributed by atoms with Gasteiger partial charge in [0.15, 0.2) is 0 Å². The minimum absolute atomic E-state index is 0.245. The molecule has 0 saturated carbocycles. The number of carbonyl (C=O) groups is 2. The summed E-state index contributed by atoms with van der Waals surface area (Å²) in [5.41, 5.74) is 0.639. The van der Waals surface area contributed by atoms with Crippen LogP contribution in [0.1, 0.15) is 39.7 Å². The van der Waals surface area contributed by atoms with Crippen molar-refractivity contribution in [2.45, 2.75) is 47.0 Å². The maximum atomic E-state index is 11.2. The Morgan fingerprint density at radius 3 is 2.27 bits per heavy atom. The van der Waals surface area contributed by atoms with Crippen molar-refractivity contribution < 1.29 is 23.8 Å². The third kappa shape index (κ3) is 7.78. The normalized spacial score (nSPS) is 12.5. The van der Waals surface area contributed by atoms with Gasteiger partial charge in [0.2, 0.25) is 6.29 Å². The van der Waals surface area contributed by atoms with Gasteiger partial charge >= 0.3 is 11.9 Å². The van der Waals surface area contributed by atoms with Crippen LogP contribution in [0.3, 0.4) is 0 Å². The molecule has 0 N–H and O–H groups in total. The zero-order valence-corrected chi connectivity index (χ0v) is 13.6. The topological polar surface area (TPSA) is 61.8 Å². The van der Waals surface area contributed by atoms with Crippen molar-refractivity contribution in [2.24, 2.45) is 5.41 Å². The minimum atomic E-state index is -0.678. The maximum Gasteiger partial charge on any atom is 0.304 e. The van der Waals surface area contributed by atoms with Gasteiger partial charge in [0.1, 0.15) is 0 Å². The highest BCUT2D eigenvalue weighted by atomic mass is 16.7. The fourth-order valence-corrected chi connectivity index (χ4v) is 1.89. The molecule has 0 aromatic heterocycles. The third-order valence-corrected chi connectivity index (χ3v) is 2.96. The fourth-order valence-electron chi connectivity index (χ4n) is 1.89. The lowest BCUT2D eigenvalue weighted by Gasteiger charge is -2.28. The molecule has 5 nitrogen and oxygen atoms in total. The van der Waals surface area contributed by atoms with Crippen molar-refractivity contribution >= 4 is 11.9 Å². The molecule has 1 atom stereocenters. The van der Waals surface area contributed by atoms with Gasteiger partial charge in [-0.25, -0.2) is 0 Å². The standard InChI is InChI=1S/C17H24O5/c1-13(18)21-12-17(3,4)10-16(22-14(2)19)20-11-15-8-6-5-7-9-15/h5-9,16H,10-12H2,1-4H3. The lowest BCUT2D eigenvalue weighted by Crippen LogP contribution is -2.30. The highest BCUT2D eigenvalue weighted by molar-refractivity contribution is 5.66. The molecule has 0 fully saturated rings. The molecule has 1 rings (SSSR count). The van der Waals surface area contributed by atoms with Crippen molar-refractivity contribution in [3.8, 4) is 0 Å². The summed E-state index contributed by atoms with van der Waals surface area (Å²) in [6.45, 7) is 7.16. The number of esters is 2. The van der Waals surface area contributed by atoms with E-state index in [1.165, 1.54) is 13.8 Å². The molecule has 0 amide bonds. The number of ether oxygens (including phenoxy) is 3. The lowest BCUT2D eigenvalue weighted by atomic mass is 9.90. The molecule has 0 radical (unpaired) electrons. The van der Waals surface area contributed by atoms with Gasteiger partial charge in [0.05, 0.1) is 13.2 Å². The number of rotatable bonds is 8. The molecular weight excluding hydrogens is 284 g/mol. The van der Waals surface area contributed by atoms with E-state index in [-0.39, 0.29) is 18.0 Å². The largest absolute Gasteiger partial charge is 0.465 e. The second-order valence-electron chi connectivity index (χ2n) is 5.98. The van der Waals surface area contributed by atoms with Crippen molar-refractivity contribution in [2.75, 3.05) is 6.61 Å². The van der Waals surface area contributed by atoms with Gasteiger partial charge in [0.25, 0.3) is 0 Å². The van der Waals surface area contributed by atoms with Crippen LogP contribution in [0.15, 0.2) is 30.3 Å². The highest BCUT2D eigenvalue weighted by Crippen LogP contribution is 2.25. The Labute approximate surface area is 131 Å². The summed E-state index contributed by atoms with van der Waals surface area (Å²) in [6, 6.07) is 9.65. The minimum Gasteiger partial charge on any atom is -0.465 e. The zero-order chi connectivity index (χ0) is 16.6. The maximum absolute atomic E-state index is 11.2. The van der Waals surface area contributed by atoms with Gasteiger partial charge in [-0.15, -0.1) is 0 Å². The summed E-state index contributed by atoms with van der Waals surface area (Å²) < 4.78 is 16.0. The number of carbonyl (C=O) groups excluding carboxylic acids is 2. The van der Waals surface area contributed by atoms with E-state index in [1.807, 2.05) is 44.2 Å². The van der Waals surface area contributed by atoms with E-state index in [1.54, 1.807) is 0 Å². The summed E-state index contributed by atoms with van der Waals surface area (Å²) in [7, 11) is 0. The molecule has 1 unspecified atom stereocenters. The van der Waals surface area contributed by atoms with Gasteiger partial charge in [-0.2, -0.15) is 0 Å². The van der Waals surface area contributed by atoms with E-state index < -0.39 is 12.3 Å². The predicted octanol–water partition coefficient (Wildman–Crippen LogP) is 3.07. The van der Waals surface area contributed by atoms with Gasteiger partial charge in [0, 0.05) is 25.7 Å². The molecule has 0 saturated heterocycles. The van der Waals surface area contributed by atoms with Crippen LogP contribution in [0.4, 0.5) is 0 Å². The molecule has 0 aliphatic carbocycles. The molecule has 0 aliphatic heterocycles. The second kappa shape index (κ2) is 8.54. The molecule has 0 spiro atoms. The molecule has 22 heavy (non-hydrogen) atoms. The van der Waals surface area contributed by atoms with Gasteiger partial charge in [-0.1, -0.05) is 44.2 Å². The molecular formula is C17H24O5. The first-order chi connectivity index (χ1) is 10.3. The molecule has 1 aromatic carbocycles. The number of hydrogen-bond acceptors (Lipinski definition) is 5. The van der Waals surface area contributed by atoms with Crippen LogP contribution >= 0.6 is 0 Å². The summed E-state index contributed by atoms with van der Waals surface area (Å²) >= 11 is 0. The van der Waals surface area contributed by atoms with E-state index in [0.29, 0.717) is 13.0 Å². The van der Waals surface area contributed by atoms with E-state index in [2.05, 4.69) is 0 Å². The summed E-state index contributed by atoms with van der Waals surface area (Å²) in [4.78, 5) is 22.2. The predicted molar refractivity (Wildman–Crippen MR) is 81.8 cm³/mol. The lowest BCUT2D eigenvalue weighted by molar-refractivity contribution is -0.188. The van der Waals surface area contributed by atoms with E-state index in [4.69, 9.17) is 14.2 Å². The van der Waals surface area contributed by atoms with Crippen LogP contribution in [-0.2, 0) is 30.4 Å². The number of benzene rings is 1. The van der Waals surface area contributed by atoms with Crippen molar-refractivity contribution in [1.29, 1.82) is 0 Å². The fraction of sp³-hybridized carbons (Fsp3) is 0.529. The van der Waals surface area contributed by atoms with Crippen molar-refractivity contribution in [1.82, 2.24) is 0 Å². The van der Waals surface area contributed by atoms with Crippen LogP contribution in [-0.4, -0.2) is 24.8 Å². The van der Waals surface area contributed by atoms with Gasteiger partial charge < -0.3 is 14.2 Å². The third-order valence-electron chi connectivity index (χ3n) is 2.96. The first-order valence-electron chi connectivity index (χ1n) is 7.24. The summed E-state index contributed by atoms with van der Waals surface area (Å²) in [5, 5.41) is 0. The second-order valence-corrected chi connectivity index (χ2v) is 5.98. The van der Waals surface area contributed by atoms with Crippen LogP contribution in [0.25, 0.3) is 0 Å². The van der Waals surface area contributed by atoms with Crippen molar-refractivity contribution in [3.63, 3.8) is 0 Å². The Morgan fingerprint density at radius 1 is 1.09 bits per heavy atom. The van der Waals surface area contributed by atoms with E-state index in [9.17, 15) is 9.59 Å². The van der Waals surface area contributed by atoms with Crippen LogP contribution in [0.5, 0.6) is 0 Å². The molecule has 122 valence electrons. The van der Waals surface area contributed by atoms with Gasteiger partial charge in [-0.3, -0.25) is 9.59 Å². The first-order valence-corrected chi connectivity index (χ1v) is 7.24. The molecule has 5 heteroatoms. The van der Waals surface area contributed by atoms with E-state index >= 15 is 0 Å². The Balaban J connectivity index is 2.59. The van der Waals surface area contributed by atoms with Gasteiger partial charge in [-0.05, 0) is 5.56 Å². The summed E-state index contributed by atoms with van der Waals surface area (Å²) in [6.07, 6.45) is -0.240. The van der Waals surface area contributed by atoms with Crippen molar-refractivity contribution in [3.05, 3.63) is 35.9 Å². The molecule has 0 aliphatic rings. The highest BCUT2D eigenvalue weighted by Gasteiger charge is 2.27. The van der Waals surface area contributed by atoms with Crippen LogP contribution < -0.4 is 0 Å². The zero-order valence-electron chi connectivity index (χ0n) is 13.6. The van der Waals surface area contributed by atoms with Crippen LogP contribution in [0.2, 0.25) is 0 Å². The Bertz CT molecular complexity index is 481. The van der Waals surface area contributed by atoms with Crippen LogP contribution in [0, 0.1) is 5.41 Å².